The molecule has 6 heteroatoms. The van der Waals surface area contributed by atoms with Gasteiger partial charge in [-0.15, -0.1) is 0 Å². The average molecular weight is 240 g/mol. The van der Waals surface area contributed by atoms with Gasteiger partial charge in [-0.1, -0.05) is 17.7 Å². The van der Waals surface area contributed by atoms with Gasteiger partial charge in [0.2, 0.25) is 0 Å². The Morgan fingerprint density at radius 3 is 2.69 bits per heavy atom. The molecule has 1 saturated heterocycles. The molecule has 1 aromatic rings. The summed E-state index contributed by atoms with van der Waals surface area (Å²) in [5.74, 6) is 0. The third-order valence-electron chi connectivity index (χ3n) is 2.39. The van der Waals surface area contributed by atoms with Crippen molar-refractivity contribution in [2.24, 2.45) is 5.73 Å². The first kappa shape index (κ1) is 10.8. The van der Waals surface area contributed by atoms with Crippen molar-refractivity contribution in [2.45, 2.75) is 0 Å². The van der Waals surface area contributed by atoms with Crippen molar-refractivity contribution in [1.82, 2.24) is 4.90 Å². The zero-order chi connectivity index (χ0) is 11.7. The Morgan fingerprint density at radius 2 is 2.12 bits per heavy atom. The fraction of sp³-hybridized carbons (Fsp3) is 0.200. The molecule has 0 aromatic heterocycles. The summed E-state index contributed by atoms with van der Waals surface area (Å²) >= 11 is 5.83. The molecule has 0 spiro atoms. The molecular weight excluding hydrogens is 230 g/mol. The number of amides is 4. The van der Waals surface area contributed by atoms with E-state index in [0.717, 1.165) is 4.90 Å². The van der Waals surface area contributed by atoms with E-state index >= 15 is 0 Å². The number of urea groups is 2. The van der Waals surface area contributed by atoms with Gasteiger partial charge in [-0.25, -0.2) is 14.5 Å². The van der Waals surface area contributed by atoms with Crippen LogP contribution in [0, 0.1) is 0 Å². The number of anilines is 1. The summed E-state index contributed by atoms with van der Waals surface area (Å²) in [7, 11) is 0. The lowest BCUT2D eigenvalue weighted by atomic mass is 10.3. The van der Waals surface area contributed by atoms with Crippen LogP contribution in [0.2, 0.25) is 5.02 Å². The summed E-state index contributed by atoms with van der Waals surface area (Å²) in [6, 6.07) is 5.76. The number of carbonyl (C=O) groups excluding carboxylic acids is 2. The van der Waals surface area contributed by atoms with Crippen molar-refractivity contribution in [3.63, 3.8) is 0 Å². The number of benzene rings is 1. The first-order chi connectivity index (χ1) is 7.59. The van der Waals surface area contributed by atoms with Crippen LogP contribution in [-0.2, 0) is 0 Å². The maximum Gasteiger partial charge on any atom is 0.332 e. The summed E-state index contributed by atoms with van der Waals surface area (Å²) in [6.45, 7) is 0.739. The van der Waals surface area contributed by atoms with Crippen LogP contribution in [0.1, 0.15) is 0 Å². The van der Waals surface area contributed by atoms with E-state index in [9.17, 15) is 9.59 Å². The van der Waals surface area contributed by atoms with Crippen molar-refractivity contribution in [2.75, 3.05) is 18.0 Å². The average Bonchev–Trinajstić information content (AvgIpc) is 2.60. The zero-order valence-corrected chi connectivity index (χ0v) is 9.15. The highest BCUT2D eigenvalue weighted by Gasteiger charge is 2.32. The molecule has 0 atom stereocenters. The third kappa shape index (κ3) is 1.81. The van der Waals surface area contributed by atoms with Gasteiger partial charge in [-0.3, -0.25) is 4.90 Å². The molecule has 84 valence electrons. The minimum atomic E-state index is -0.727. The Bertz CT molecular complexity index is 449. The SMILES string of the molecule is NC(=O)N1CCN(c2cccc(Cl)c2)C1=O. The Hall–Kier alpha value is -1.75. The van der Waals surface area contributed by atoms with Crippen LogP contribution in [0.4, 0.5) is 15.3 Å². The monoisotopic (exact) mass is 239 g/mol. The fourth-order valence-corrected chi connectivity index (χ4v) is 1.81. The van der Waals surface area contributed by atoms with Crippen LogP contribution >= 0.6 is 11.6 Å². The van der Waals surface area contributed by atoms with Gasteiger partial charge >= 0.3 is 12.1 Å². The third-order valence-corrected chi connectivity index (χ3v) is 2.63. The number of halogens is 1. The van der Waals surface area contributed by atoms with Gasteiger partial charge in [0.25, 0.3) is 0 Å². The number of hydrogen-bond acceptors (Lipinski definition) is 2. The van der Waals surface area contributed by atoms with E-state index in [1.54, 1.807) is 24.3 Å². The highest BCUT2D eigenvalue weighted by atomic mass is 35.5. The molecule has 0 unspecified atom stereocenters. The number of rotatable bonds is 1. The Kier molecular flexibility index (Phi) is 2.70. The van der Waals surface area contributed by atoms with Crippen LogP contribution in [0.15, 0.2) is 24.3 Å². The summed E-state index contributed by atoms with van der Waals surface area (Å²) in [5, 5.41) is 0.544. The molecule has 1 aromatic carbocycles. The molecule has 5 nitrogen and oxygen atoms in total. The normalized spacial score (nSPS) is 15.7. The highest BCUT2D eigenvalue weighted by Crippen LogP contribution is 2.23. The number of nitrogens with zero attached hydrogens (tertiary/aromatic N) is 2. The van der Waals surface area contributed by atoms with Gasteiger partial charge in [-0.2, -0.15) is 0 Å². The second kappa shape index (κ2) is 4.02. The van der Waals surface area contributed by atoms with Crippen molar-refractivity contribution in [1.29, 1.82) is 0 Å². The van der Waals surface area contributed by atoms with Gasteiger partial charge in [0.15, 0.2) is 0 Å². The van der Waals surface area contributed by atoms with Gasteiger partial charge in [0.05, 0.1) is 6.54 Å². The maximum absolute atomic E-state index is 11.8. The lowest BCUT2D eigenvalue weighted by Gasteiger charge is -2.16. The van der Waals surface area contributed by atoms with E-state index in [4.69, 9.17) is 17.3 Å². The molecule has 1 aliphatic heterocycles. The molecular formula is C10H10ClN3O2. The summed E-state index contributed by atoms with van der Waals surface area (Å²) in [4.78, 5) is 25.2. The number of primary amides is 1. The molecule has 0 saturated carbocycles. The maximum atomic E-state index is 11.8. The van der Waals surface area contributed by atoms with Gasteiger partial charge < -0.3 is 5.73 Å². The summed E-state index contributed by atoms with van der Waals surface area (Å²) < 4.78 is 0. The topological polar surface area (TPSA) is 66.6 Å². The van der Waals surface area contributed by atoms with E-state index in [1.165, 1.54) is 4.90 Å². The Balaban J connectivity index is 2.25. The van der Waals surface area contributed by atoms with Crippen molar-refractivity contribution < 1.29 is 9.59 Å². The lowest BCUT2D eigenvalue weighted by molar-refractivity contribution is 0.206. The summed E-state index contributed by atoms with van der Waals surface area (Å²) in [5.41, 5.74) is 5.74. The molecule has 0 radical (unpaired) electrons. The van der Waals surface area contributed by atoms with E-state index < -0.39 is 12.1 Å². The highest BCUT2D eigenvalue weighted by molar-refractivity contribution is 6.31. The van der Waals surface area contributed by atoms with Gasteiger partial charge in [0.1, 0.15) is 0 Å². The van der Waals surface area contributed by atoms with E-state index in [0.29, 0.717) is 23.8 Å². The molecule has 1 aliphatic rings. The quantitative estimate of drug-likeness (QED) is 0.810. The first-order valence-corrected chi connectivity index (χ1v) is 5.11. The molecule has 1 heterocycles. The Labute approximate surface area is 97.4 Å². The second-order valence-corrected chi connectivity index (χ2v) is 3.84. The standard InChI is InChI=1S/C10H10ClN3O2/c11-7-2-1-3-8(6-7)13-4-5-14(9(12)15)10(13)16/h1-3,6H,4-5H2,(H2,12,15). The van der Waals surface area contributed by atoms with Crippen LogP contribution in [0.3, 0.4) is 0 Å². The molecule has 0 bridgehead atoms. The van der Waals surface area contributed by atoms with Crippen LogP contribution < -0.4 is 10.6 Å². The van der Waals surface area contributed by atoms with E-state index in [2.05, 4.69) is 0 Å². The number of carbonyl (C=O) groups is 2. The largest absolute Gasteiger partial charge is 0.351 e. The van der Waals surface area contributed by atoms with Gasteiger partial charge in [-0.05, 0) is 18.2 Å². The fourth-order valence-electron chi connectivity index (χ4n) is 1.63. The Morgan fingerprint density at radius 1 is 1.38 bits per heavy atom. The van der Waals surface area contributed by atoms with Crippen molar-refractivity contribution >= 4 is 29.4 Å². The molecule has 2 rings (SSSR count). The first-order valence-electron chi connectivity index (χ1n) is 4.73. The number of nitrogens with two attached hydrogens (primary N) is 1. The minimum Gasteiger partial charge on any atom is -0.351 e. The number of imide groups is 1. The molecule has 0 aliphatic carbocycles. The van der Waals surface area contributed by atoms with Gasteiger partial charge in [0, 0.05) is 17.3 Å². The minimum absolute atomic E-state index is 0.306. The predicted octanol–water partition coefficient (Wildman–Crippen LogP) is 1.66. The van der Waals surface area contributed by atoms with Crippen molar-refractivity contribution in [3.8, 4) is 0 Å². The van der Waals surface area contributed by atoms with Crippen LogP contribution in [0.25, 0.3) is 0 Å². The predicted molar refractivity (Wildman–Crippen MR) is 60.5 cm³/mol. The molecule has 1 fully saturated rings. The second-order valence-electron chi connectivity index (χ2n) is 3.40. The lowest BCUT2D eigenvalue weighted by Crippen LogP contribution is -2.39. The molecule has 2 N–H and O–H groups in total. The van der Waals surface area contributed by atoms with E-state index in [-0.39, 0.29) is 0 Å². The molecule has 16 heavy (non-hydrogen) atoms. The van der Waals surface area contributed by atoms with Crippen molar-refractivity contribution in [3.05, 3.63) is 29.3 Å². The van der Waals surface area contributed by atoms with Crippen LogP contribution in [-0.4, -0.2) is 30.1 Å². The smallest absolute Gasteiger partial charge is 0.332 e. The van der Waals surface area contributed by atoms with Crippen LogP contribution in [0.5, 0.6) is 0 Å². The molecule has 4 amide bonds. The zero-order valence-electron chi connectivity index (χ0n) is 8.39. The number of hydrogen-bond donors (Lipinski definition) is 1. The summed E-state index contributed by atoms with van der Waals surface area (Å²) in [6.07, 6.45) is 0. The van der Waals surface area contributed by atoms with E-state index in [1.807, 2.05) is 0 Å².